The monoisotopic (exact) mass is 507 g/mol. The van der Waals surface area contributed by atoms with E-state index in [1.807, 2.05) is 0 Å². The lowest BCUT2D eigenvalue weighted by atomic mass is 10.2. The molecule has 2 heterocycles. The van der Waals surface area contributed by atoms with Gasteiger partial charge in [0.1, 0.15) is 0 Å². The minimum absolute atomic E-state index is 0.0282. The van der Waals surface area contributed by atoms with E-state index in [4.69, 9.17) is 4.98 Å². The van der Waals surface area contributed by atoms with Crippen molar-refractivity contribution in [2.24, 2.45) is 0 Å². The molecule has 1 aliphatic rings. The molecule has 2 bridgehead atoms. The van der Waals surface area contributed by atoms with Gasteiger partial charge in [-0.25, -0.2) is 0 Å². The van der Waals surface area contributed by atoms with Crippen LogP contribution in [0.5, 0.6) is 0 Å². The van der Waals surface area contributed by atoms with Crippen molar-refractivity contribution >= 4 is 34.4 Å². The lowest BCUT2D eigenvalue weighted by molar-refractivity contribution is 0.834. The van der Waals surface area contributed by atoms with Crippen molar-refractivity contribution < 1.29 is 0 Å². The number of hydrogen-bond donors (Lipinski definition) is 0. The fourth-order valence-corrected chi connectivity index (χ4v) is 11.8. The van der Waals surface area contributed by atoms with Gasteiger partial charge in [-0.05, 0) is 105 Å². The second-order valence-electron chi connectivity index (χ2n) is 9.48. The summed E-state index contributed by atoms with van der Waals surface area (Å²) in [6.07, 6.45) is 15.9. The molecule has 34 heavy (non-hydrogen) atoms. The van der Waals surface area contributed by atoms with Gasteiger partial charge >= 0.3 is 0 Å². The number of nitrogens with zero attached hydrogens (tertiary/aromatic N) is 1. The third-order valence-electron chi connectivity index (χ3n) is 6.76. The number of fused-ring (bicyclic) bond motifs is 2. The molecule has 0 amide bonds. The summed E-state index contributed by atoms with van der Waals surface area (Å²) in [6.45, 7) is 2.52. The summed E-state index contributed by atoms with van der Waals surface area (Å²) in [6, 6.07) is 29.5. The highest BCUT2D eigenvalue weighted by molar-refractivity contribution is 7.66. The first-order chi connectivity index (χ1) is 16.8. The maximum absolute atomic E-state index is 5.02. The van der Waals surface area contributed by atoms with E-state index in [2.05, 4.69) is 85.5 Å². The second kappa shape index (κ2) is 14.4. The highest BCUT2D eigenvalue weighted by Gasteiger charge is 2.15. The molecule has 0 N–H and O–H groups in total. The van der Waals surface area contributed by atoms with E-state index in [1.54, 1.807) is 10.6 Å². The fourth-order valence-electron chi connectivity index (χ4n) is 4.90. The van der Waals surface area contributed by atoms with Crippen molar-refractivity contribution in [3.05, 3.63) is 90.3 Å². The second-order valence-corrected chi connectivity index (χ2v) is 17.1. The fraction of sp³-hybridized carbons (Fsp3) is 0.433. The van der Waals surface area contributed by atoms with Crippen LogP contribution in [0, 0.1) is 0 Å². The van der Waals surface area contributed by atoms with Crippen molar-refractivity contribution in [3.8, 4) is 0 Å². The molecule has 0 saturated carbocycles. The first-order valence-corrected chi connectivity index (χ1v) is 18.6. The topological polar surface area (TPSA) is 12.9 Å². The number of benzene rings is 2. The molecule has 4 rings (SSSR count). The van der Waals surface area contributed by atoms with Crippen LogP contribution < -0.4 is 10.6 Å². The van der Waals surface area contributed by atoms with Gasteiger partial charge in [-0.15, -0.1) is 7.92 Å². The highest BCUT2D eigenvalue weighted by atomic mass is 31.1. The van der Waals surface area contributed by atoms with Gasteiger partial charge in [0.25, 0.3) is 0 Å². The minimum Gasteiger partial charge on any atom is -0.258 e. The average molecular weight is 508 g/mol. The van der Waals surface area contributed by atoms with E-state index < -0.39 is 0 Å². The molecule has 3 aromatic rings. The molecule has 1 nitrogen and oxygen atoms in total. The SMILES string of the molecule is CP1CCCc2cccc(n2)CCCP(c2ccccc2)CCCP(c2ccccc2)CCC1. The van der Waals surface area contributed by atoms with Gasteiger partial charge in [0.2, 0.25) is 0 Å². The van der Waals surface area contributed by atoms with Gasteiger partial charge in [0.05, 0.1) is 0 Å². The Bertz CT molecular complexity index is 963. The van der Waals surface area contributed by atoms with E-state index >= 15 is 0 Å². The molecule has 1 aromatic heterocycles. The first-order valence-electron chi connectivity index (χ1n) is 13.0. The normalized spacial score (nSPS) is 23.5. The van der Waals surface area contributed by atoms with Crippen LogP contribution in [0.15, 0.2) is 78.9 Å². The average Bonchev–Trinajstić information content (AvgIpc) is 2.87. The Labute approximate surface area is 211 Å². The van der Waals surface area contributed by atoms with Gasteiger partial charge in [0.15, 0.2) is 0 Å². The molecular formula is C30H40NP3. The van der Waals surface area contributed by atoms with Crippen LogP contribution in [0.25, 0.3) is 0 Å². The van der Waals surface area contributed by atoms with E-state index in [9.17, 15) is 0 Å². The predicted octanol–water partition coefficient (Wildman–Crippen LogP) is 7.47. The number of hydrogen-bond acceptors (Lipinski definition) is 1. The third kappa shape index (κ3) is 8.52. The Morgan fingerprint density at radius 1 is 0.500 bits per heavy atom. The van der Waals surface area contributed by atoms with Crippen molar-refractivity contribution in [2.45, 2.75) is 38.5 Å². The molecule has 0 radical (unpaired) electrons. The molecular weight excluding hydrogens is 467 g/mol. The molecule has 0 fully saturated rings. The lowest BCUT2D eigenvalue weighted by Crippen LogP contribution is -2.11. The first kappa shape index (κ1) is 26.0. The van der Waals surface area contributed by atoms with E-state index in [0.717, 1.165) is 12.8 Å². The molecule has 1 aliphatic heterocycles. The van der Waals surface area contributed by atoms with E-state index in [-0.39, 0.29) is 23.8 Å². The summed E-state index contributed by atoms with van der Waals surface area (Å²) in [5, 5.41) is 3.22. The van der Waals surface area contributed by atoms with Crippen LogP contribution in [0.1, 0.15) is 37.1 Å². The summed E-state index contributed by atoms with van der Waals surface area (Å²) in [4.78, 5) is 5.02. The van der Waals surface area contributed by atoms with Gasteiger partial charge in [-0.1, -0.05) is 82.6 Å². The number of pyridine rings is 1. The summed E-state index contributed by atoms with van der Waals surface area (Å²) >= 11 is 0. The summed E-state index contributed by atoms with van der Waals surface area (Å²) in [7, 11) is 0.0385. The molecule has 4 heteroatoms. The number of aromatic nitrogens is 1. The highest BCUT2D eigenvalue weighted by Crippen LogP contribution is 2.42. The Hall–Kier alpha value is -1.12. The molecule has 180 valence electrons. The van der Waals surface area contributed by atoms with Crippen LogP contribution in [-0.4, -0.2) is 48.6 Å². The lowest BCUT2D eigenvalue weighted by Gasteiger charge is -2.23. The smallest absolute Gasteiger partial charge is 0.0407 e. The van der Waals surface area contributed by atoms with Crippen molar-refractivity contribution in [2.75, 3.05) is 43.6 Å². The predicted molar refractivity (Wildman–Crippen MR) is 158 cm³/mol. The molecule has 3 unspecified atom stereocenters. The zero-order valence-electron chi connectivity index (χ0n) is 20.8. The molecule has 0 spiro atoms. The van der Waals surface area contributed by atoms with Crippen molar-refractivity contribution in [3.63, 3.8) is 0 Å². The molecule has 3 atom stereocenters. The molecule has 2 aromatic carbocycles. The van der Waals surface area contributed by atoms with Crippen LogP contribution in [-0.2, 0) is 12.8 Å². The maximum Gasteiger partial charge on any atom is 0.0407 e. The zero-order valence-corrected chi connectivity index (χ0v) is 23.5. The summed E-state index contributed by atoms with van der Waals surface area (Å²) < 4.78 is 0. The van der Waals surface area contributed by atoms with Crippen molar-refractivity contribution in [1.29, 1.82) is 0 Å². The van der Waals surface area contributed by atoms with Crippen LogP contribution in [0.2, 0.25) is 0 Å². The minimum atomic E-state index is -0.0891. The quantitative estimate of drug-likeness (QED) is 0.328. The summed E-state index contributed by atoms with van der Waals surface area (Å²) in [5.74, 6) is 0. The maximum atomic E-state index is 5.02. The Morgan fingerprint density at radius 3 is 1.50 bits per heavy atom. The van der Waals surface area contributed by atoms with Crippen molar-refractivity contribution in [1.82, 2.24) is 4.98 Å². The van der Waals surface area contributed by atoms with Gasteiger partial charge in [-0.2, -0.15) is 0 Å². The van der Waals surface area contributed by atoms with E-state index in [0.29, 0.717) is 0 Å². The van der Waals surface area contributed by atoms with Crippen LogP contribution in [0.3, 0.4) is 0 Å². The van der Waals surface area contributed by atoms with Crippen LogP contribution >= 0.6 is 23.8 Å². The standard InChI is InChI=1S/C30H40NP3/c1-32-21-9-15-27-13-8-14-28(31-27)16-10-23-33(29-17-4-2-5-18-29)25-12-26-34(24-11-22-32)30-19-6-3-7-20-30/h2-8,13-14,17-20H,9-12,15-16,21-26H2,1H3. The Morgan fingerprint density at radius 2 is 0.941 bits per heavy atom. The largest absolute Gasteiger partial charge is 0.258 e. The molecule has 0 aliphatic carbocycles. The van der Waals surface area contributed by atoms with Gasteiger partial charge < -0.3 is 0 Å². The summed E-state index contributed by atoms with van der Waals surface area (Å²) in [5.41, 5.74) is 2.60. The number of aryl methyl sites for hydroxylation is 2. The zero-order chi connectivity index (χ0) is 23.4. The Balaban J connectivity index is 1.48. The Kier molecular flexibility index (Phi) is 11.0. The van der Waals surface area contributed by atoms with E-state index in [1.165, 1.54) is 74.0 Å². The van der Waals surface area contributed by atoms with Gasteiger partial charge in [0, 0.05) is 11.4 Å². The number of rotatable bonds is 2. The molecule has 0 saturated heterocycles. The van der Waals surface area contributed by atoms with Crippen LogP contribution in [0.4, 0.5) is 0 Å². The third-order valence-corrected chi connectivity index (χ3v) is 14.4. The van der Waals surface area contributed by atoms with Gasteiger partial charge in [-0.3, -0.25) is 4.98 Å².